The van der Waals surface area contributed by atoms with Crippen molar-refractivity contribution in [3.8, 4) is 0 Å². The van der Waals surface area contributed by atoms with Gasteiger partial charge in [-0.25, -0.2) is 0 Å². The molecule has 1 heterocycles. The molecule has 0 saturated heterocycles. The van der Waals surface area contributed by atoms with E-state index in [1.54, 1.807) is 37.1 Å². The van der Waals surface area contributed by atoms with E-state index in [-0.39, 0.29) is 11.4 Å². The zero-order valence-corrected chi connectivity index (χ0v) is 11.4. The van der Waals surface area contributed by atoms with Crippen molar-refractivity contribution in [3.63, 3.8) is 0 Å². The van der Waals surface area contributed by atoms with Crippen LogP contribution in [0.25, 0.3) is 0 Å². The summed E-state index contributed by atoms with van der Waals surface area (Å²) in [6.45, 7) is 1.76. The van der Waals surface area contributed by atoms with E-state index >= 15 is 0 Å². The molecule has 0 bridgehead atoms. The fraction of sp³-hybridized carbons (Fsp3) is 0.333. The van der Waals surface area contributed by atoms with Crippen molar-refractivity contribution in [1.29, 1.82) is 0 Å². The van der Waals surface area contributed by atoms with Crippen molar-refractivity contribution < 1.29 is 18.3 Å². The summed E-state index contributed by atoms with van der Waals surface area (Å²) in [5, 5.41) is 8.89. The summed E-state index contributed by atoms with van der Waals surface area (Å²) in [4.78, 5) is 12.6. The summed E-state index contributed by atoms with van der Waals surface area (Å²) >= 11 is 0. The number of aliphatic carboxylic acids is 1. The zero-order valence-electron chi connectivity index (χ0n) is 10.6. The van der Waals surface area contributed by atoms with Crippen LogP contribution in [0.5, 0.6) is 0 Å². The maximum Gasteiger partial charge on any atom is 0.308 e. The molecule has 0 fully saturated rings. The van der Waals surface area contributed by atoms with Gasteiger partial charge in [0, 0.05) is 19.2 Å². The van der Waals surface area contributed by atoms with Crippen molar-refractivity contribution in [3.05, 3.63) is 29.8 Å². The van der Waals surface area contributed by atoms with Gasteiger partial charge in [-0.1, -0.05) is 19.1 Å². The first-order chi connectivity index (χ1) is 8.83. The summed E-state index contributed by atoms with van der Waals surface area (Å²) in [7, 11) is -2.02. The number of carboxylic acids is 1. The Bertz CT molecular complexity index is 651. The first-order valence-electron chi connectivity index (χ1n) is 5.71. The van der Waals surface area contributed by atoms with Crippen molar-refractivity contribution in [2.24, 2.45) is 10.3 Å². The highest BCUT2D eigenvalue weighted by molar-refractivity contribution is 7.90. The monoisotopic (exact) mass is 282 g/mol. The fourth-order valence-electron chi connectivity index (χ4n) is 1.94. The molecule has 1 aliphatic rings. The highest BCUT2D eigenvalue weighted by Gasteiger charge is 2.31. The number of benzene rings is 1. The van der Waals surface area contributed by atoms with Gasteiger partial charge < -0.3 is 10.0 Å². The van der Waals surface area contributed by atoms with Crippen molar-refractivity contribution in [2.45, 2.75) is 11.8 Å². The largest absolute Gasteiger partial charge is 0.481 e. The highest BCUT2D eigenvalue weighted by atomic mass is 32.2. The predicted molar refractivity (Wildman–Crippen MR) is 69.6 cm³/mol. The summed E-state index contributed by atoms with van der Waals surface area (Å²) < 4.78 is 27.4. The zero-order chi connectivity index (χ0) is 14.2. The molecule has 6 nitrogen and oxygen atoms in total. The third-order valence-corrected chi connectivity index (χ3v) is 4.27. The third-order valence-electron chi connectivity index (χ3n) is 2.94. The lowest BCUT2D eigenvalue weighted by Crippen LogP contribution is -2.33. The van der Waals surface area contributed by atoms with Crippen LogP contribution >= 0.6 is 0 Å². The van der Waals surface area contributed by atoms with E-state index in [0.29, 0.717) is 11.4 Å². The van der Waals surface area contributed by atoms with E-state index in [1.807, 2.05) is 0 Å². The smallest absolute Gasteiger partial charge is 0.308 e. The molecule has 0 amide bonds. The van der Waals surface area contributed by atoms with E-state index in [9.17, 15) is 13.2 Å². The quantitative estimate of drug-likeness (QED) is 0.885. The van der Waals surface area contributed by atoms with Crippen LogP contribution in [0.4, 0.5) is 0 Å². The van der Waals surface area contributed by atoms with Crippen LogP contribution in [0, 0.1) is 5.92 Å². The van der Waals surface area contributed by atoms with Crippen LogP contribution < -0.4 is 0 Å². The van der Waals surface area contributed by atoms with Gasteiger partial charge in [-0.3, -0.25) is 4.79 Å². The van der Waals surface area contributed by atoms with Crippen LogP contribution in [-0.2, 0) is 14.8 Å². The number of nitrogens with zero attached hydrogens (tertiary/aromatic N) is 2. The van der Waals surface area contributed by atoms with Gasteiger partial charge in [0.05, 0.1) is 5.92 Å². The molecule has 0 spiro atoms. The lowest BCUT2D eigenvalue weighted by atomic mass is 10.1. The van der Waals surface area contributed by atoms with Crippen molar-refractivity contribution in [2.75, 3.05) is 13.6 Å². The summed E-state index contributed by atoms with van der Waals surface area (Å²) in [6, 6.07) is 6.52. The number of carbonyl (C=O) groups is 1. The molecule has 1 aliphatic heterocycles. The molecular formula is C12H14N2O4S. The maximum absolute atomic E-state index is 11.9. The molecule has 0 aliphatic carbocycles. The van der Waals surface area contributed by atoms with Gasteiger partial charge in [0.25, 0.3) is 10.0 Å². The molecule has 1 N–H and O–H groups in total. The van der Waals surface area contributed by atoms with Gasteiger partial charge in [-0.15, -0.1) is 4.40 Å². The minimum absolute atomic E-state index is 0.167. The van der Waals surface area contributed by atoms with Gasteiger partial charge in [-0.05, 0) is 12.1 Å². The SMILES string of the molecule is CC(CN(C)C1=NS(=O)(=O)c2ccccc21)C(=O)O. The Morgan fingerprint density at radius 1 is 1.42 bits per heavy atom. The van der Waals surface area contributed by atoms with Gasteiger partial charge >= 0.3 is 5.97 Å². The molecular weight excluding hydrogens is 268 g/mol. The average molecular weight is 282 g/mol. The average Bonchev–Trinajstić information content (AvgIpc) is 2.62. The molecule has 102 valence electrons. The molecule has 2 rings (SSSR count). The predicted octanol–water partition coefficient (Wildman–Crippen LogP) is 0.788. The van der Waals surface area contributed by atoms with Crippen molar-refractivity contribution >= 4 is 21.8 Å². The van der Waals surface area contributed by atoms with Gasteiger partial charge in [-0.2, -0.15) is 8.42 Å². The number of fused-ring (bicyclic) bond motifs is 1. The Balaban J connectivity index is 2.35. The lowest BCUT2D eigenvalue weighted by Gasteiger charge is -2.21. The van der Waals surface area contributed by atoms with Crippen LogP contribution in [0.15, 0.2) is 33.6 Å². The van der Waals surface area contributed by atoms with E-state index in [0.717, 1.165) is 0 Å². The second kappa shape index (κ2) is 4.65. The van der Waals surface area contributed by atoms with E-state index in [2.05, 4.69) is 4.40 Å². The normalized spacial score (nSPS) is 17.5. The Labute approximate surface area is 111 Å². The summed E-state index contributed by atoms with van der Waals surface area (Å²) in [5.41, 5.74) is 0.516. The second-order valence-electron chi connectivity index (χ2n) is 4.51. The Morgan fingerprint density at radius 3 is 2.68 bits per heavy atom. The number of rotatable bonds is 3. The number of hydrogen-bond acceptors (Lipinski definition) is 4. The second-order valence-corrected chi connectivity index (χ2v) is 6.08. The number of hydrogen-bond donors (Lipinski definition) is 1. The molecule has 7 heteroatoms. The Morgan fingerprint density at radius 2 is 2.05 bits per heavy atom. The molecule has 0 saturated carbocycles. The molecule has 1 atom stereocenters. The molecule has 0 aromatic heterocycles. The van der Waals surface area contributed by atoms with Gasteiger partial charge in [0.2, 0.25) is 0 Å². The molecule has 1 unspecified atom stereocenters. The van der Waals surface area contributed by atoms with Crippen molar-refractivity contribution in [1.82, 2.24) is 4.90 Å². The molecule has 1 aromatic rings. The minimum atomic E-state index is -3.66. The highest BCUT2D eigenvalue weighted by Crippen LogP contribution is 2.27. The molecule has 1 aromatic carbocycles. The number of carboxylic acid groups (broad SMARTS) is 1. The van der Waals surface area contributed by atoms with Crippen LogP contribution in [0.1, 0.15) is 12.5 Å². The minimum Gasteiger partial charge on any atom is -0.481 e. The maximum atomic E-state index is 11.9. The third kappa shape index (κ3) is 2.46. The van der Waals surface area contributed by atoms with Crippen LogP contribution in [-0.4, -0.2) is 43.8 Å². The van der Waals surface area contributed by atoms with Crippen LogP contribution in [0.3, 0.4) is 0 Å². The van der Waals surface area contributed by atoms with E-state index in [1.165, 1.54) is 6.07 Å². The number of sulfonamides is 1. The molecule has 0 radical (unpaired) electrons. The summed E-state index contributed by atoms with van der Waals surface area (Å²) in [5.74, 6) is -1.24. The Hall–Kier alpha value is -1.89. The first-order valence-corrected chi connectivity index (χ1v) is 7.15. The first kappa shape index (κ1) is 13.5. The Kier molecular flexibility index (Phi) is 3.32. The van der Waals surface area contributed by atoms with Gasteiger partial charge in [0.15, 0.2) is 5.84 Å². The van der Waals surface area contributed by atoms with E-state index in [4.69, 9.17) is 5.11 Å². The standard InChI is InChI=1S/C12H14N2O4S/c1-8(12(15)16)7-14(2)11-9-5-3-4-6-10(9)19(17,18)13-11/h3-6,8H,7H2,1-2H3,(H,15,16). The topological polar surface area (TPSA) is 87.0 Å². The fourth-order valence-corrected chi connectivity index (χ4v) is 3.19. The van der Waals surface area contributed by atoms with E-state index < -0.39 is 21.9 Å². The van der Waals surface area contributed by atoms with Gasteiger partial charge in [0.1, 0.15) is 4.90 Å². The van der Waals surface area contributed by atoms with Crippen LogP contribution in [0.2, 0.25) is 0 Å². The summed E-state index contributed by atoms with van der Waals surface area (Å²) in [6.07, 6.45) is 0. The number of amidine groups is 1. The lowest BCUT2D eigenvalue weighted by molar-refractivity contribution is -0.141. The molecule has 19 heavy (non-hydrogen) atoms.